The van der Waals surface area contributed by atoms with E-state index >= 15 is 0 Å². The SMILES string of the molecule is O=C(O)c1cc(-c2ccc3c(c2)CCCC3)nc(=O)[nH]1. The van der Waals surface area contributed by atoms with Gasteiger partial charge in [-0.05, 0) is 48.9 Å². The molecule has 0 spiro atoms. The predicted molar refractivity (Wildman–Crippen MR) is 73.9 cm³/mol. The standard InChI is InChI=1S/C15H14N2O3/c18-14(19)13-8-12(16-15(20)17-13)11-6-5-9-3-1-2-4-10(9)7-11/h5-8H,1-4H2,(H,18,19)(H,16,17,20). The number of hydrogen-bond acceptors (Lipinski definition) is 3. The summed E-state index contributed by atoms with van der Waals surface area (Å²) >= 11 is 0. The number of hydrogen-bond donors (Lipinski definition) is 2. The highest BCUT2D eigenvalue weighted by molar-refractivity contribution is 5.86. The number of H-pyrrole nitrogens is 1. The average molecular weight is 270 g/mol. The Kier molecular flexibility index (Phi) is 3.10. The maximum atomic E-state index is 11.4. The Morgan fingerprint density at radius 3 is 2.65 bits per heavy atom. The number of nitrogens with zero attached hydrogens (tertiary/aromatic N) is 1. The minimum Gasteiger partial charge on any atom is -0.477 e. The highest BCUT2D eigenvalue weighted by Gasteiger charge is 2.13. The third-order valence-electron chi connectivity index (χ3n) is 3.62. The van der Waals surface area contributed by atoms with Gasteiger partial charge in [-0.15, -0.1) is 0 Å². The normalized spacial score (nSPS) is 13.8. The number of benzene rings is 1. The molecular weight excluding hydrogens is 256 g/mol. The molecule has 1 aromatic carbocycles. The summed E-state index contributed by atoms with van der Waals surface area (Å²) in [4.78, 5) is 28.5. The number of fused-ring (bicyclic) bond motifs is 1. The Balaban J connectivity index is 2.09. The number of aromatic nitrogens is 2. The summed E-state index contributed by atoms with van der Waals surface area (Å²) < 4.78 is 0. The first kappa shape index (κ1) is 12.6. The van der Waals surface area contributed by atoms with Gasteiger partial charge in [0.05, 0.1) is 5.69 Å². The van der Waals surface area contributed by atoms with Crippen molar-refractivity contribution in [3.05, 3.63) is 51.6 Å². The van der Waals surface area contributed by atoms with Crippen molar-refractivity contribution in [1.29, 1.82) is 0 Å². The second-order valence-electron chi connectivity index (χ2n) is 4.98. The van der Waals surface area contributed by atoms with E-state index in [1.165, 1.54) is 30.0 Å². The van der Waals surface area contributed by atoms with Crippen molar-refractivity contribution < 1.29 is 9.90 Å². The zero-order valence-electron chi connectivity index (χ0n) is 10.8. The first-order chi connectivity index (χ1) is 9.63. The Labute approximate surface area is 115 Å². The van der Waals surface area contributed by atoms with Gasteiger partial charge in [-0.25, -0.2) is 9.59 Å². The number of carboxylic acids is 1. The van der Waals surface area contributed by atoms with Gasteiger partial charge in [-0.1, -0.05) is 12.1 Å². The summed E-state index contributed by atoms with van der Waals surface area (Å²) in [7, 11) is 0. The summed E-state index contributed by atoms with van der Waals surface area (Å²) in [6.45, 7) is 0. The van der Waals surface area contributed by atoms with Crippen LogP contribution in [-0.4, -0.2) is 21.0 Å². The summed E-state index contributed by atoms with van der Waals surface area (Å²) in [5.41, 5.74) is 3.02. The number of carbonyl (C=O) groups is 1. The highest BCUT2D eigenvalue weighted by atomic mass is 16.4. The van der Waals surface area contributed by atoms with E-state index in [9.17, 15) is 9.59 Å². The van der Waals surface area contributed by atoms with Crippen molar-refractivity contribution in [3.8, 4) is 11.3 Å². The van der Waals surface area contributed by atoms with Gasteiger partial charge in [-0.3, -0.25) is 4.98 Å². The van der Waals surface area contributed by atoms with Crippen LogP contribution in [0.25, 0.3) is 11.3 Å². The molecule has 20 heavy (non-hydrogen) atoms. The van der Waals surface area contributed by atoms with E-state index < -0.39 is 11.7 Å². The molecule has 0 aliphatic heterocycles. The van der Waals surface area contributed by atoms with Crippen molar-refractivity contribution in [1.82, 2.24) is 9.97 Å². The van der Waals surface area contributed by atoms with Crippen LogP contribution in [0.15, 0.2) is 29.1 Å². The Hall–Kier alpha value is -2.43. The zero-order valence-corrected chi connectivity index (χ0v) is 10.8. The average Bonchev–Trinajstić information content (AvgIpc) is 2.46. The van der Waals surface area contributed by atoms with Crippen LogP contribution in [0, 0.1) is 0 Å². The topological polar surface area (TPSA) is 83.0 Å². The maximum absolute atomic E-state index is 11.4. The van der Waals surface area contributed by atoms with E-state index in [1.807, 2.05) is 18.2 Å². The minimum absolute atomic E-state index is 0.141. The molecule has 0 bridgehead atoms. The molecule has 0 amide bonds. The molecule has 1 aliphatic carbocycles. The molecule has 1 aliphatic rings. The third-order valence-corrected chi connectivity index (χ3v) is 3.62. The van der Waals surface area contributed by atoms with Crippen LogP contribution in [0.5, 0.6) is 0 Å². The van der Waals surface area contributed by atoms with E-state index in [0.29, 0.717) is 5.69 Å². The lowest BCUT2D eigenvalue weighted by Crippen LogP contribution is -2.16. The number of aryl methyl sites for hydroxylation is 2. The number of nitrogens with one attached hydrogen (secondary N) is 1. The van der Waals surface area contributed by atoms with Crippen molar-refractivity contribution in [2.24, 2.45) is 0 Å². The molecule has 0 radical (unpaired) electrons. The molecule has 0 saturated heterocycles. The number of aromatic carboxylic acids is 1. The molecule has 2 aromatic rings. The number of rotatable bonds is 2. The van der Waals surface area contributed by atoms with Crippen molar-refractivity contribution in [2.75, 3.05) is 0 Å². The molecule has 1 aromatic heterocycles. The van der Waals surface area contributed by atoms with Crippen molar-refractivity contribution >= 4 is 5.97 Å². The monoisotopic (exact) mass is 270 g/mol. The molecule has 1 heterocycles. The largest absolute Gasteiger partial charge is 0.477 e. The quantitative estimate of drug-likeness (QED) is 0.874. The Morgan fingerprint density at radius 2 is 1.90 bits per heavy atom. The molecule has 3 rings (SSSR count). The van der Waals surface area contributed by atoms with Gasteiger partial charge >= 0.3 is 11.7 Å². The molecule has 0 atom stereocenters. The van der Waals surface area contributed by atoms with Crippen LogP contribution in [0.3, 0.4) is 0 Å². The molecule has 2 N–H and O–H groups in total. The van der Waals surface area contributed by atoms with E-state index in [0.717, 1.165) is 18.4 Å². The van der Waals surface area contributed by atoms with Crippen LogP contribution < -0.4 is 5.69 Å². The molecule has 102 valence electrons. The van der Waals surface area contributed by atoms with Crippen molar-refractivity contribution in [2.45, 2.75) is 25.7 Å². The van der Waals surface area contributed by atoms with Gasteiger partial charge < -0.3 is 5.11 Å². The summed E-state index contributed by atoms with van der Waals surface area (Å²) in [5.74, 6) is -1.16. The van der Waals surface area contributed by atoms with Crippen LogP contribution in [0.2, 0.25) is 0 Å². The fourth-order valence-electron chi connectivity index (χ4n) is 2.61. The van der Waals surface area contributed by atoms with E-state index in [1.54, 1.807) is 0 Å². The van der Waals surface area contributed by atoms with Crippen LogP contribution >= 0.6 is 0 Å². The number of carboxylic acid groups (broad SMARTS) is 1. The second kappa shape index (κ2) is 4.92. The molecule has 0 fully saturated rings. The first-order valence-electron chi connectivity index (χ1n) is 6.60. The lowest BCUT2D eigenvalue weighted by atomic mass is 9.90. The van der Waals surface area contributed by atoms with Gasteiger partial charge in [0.2, 0.25) is 0 Å². The summed E-state index contributed by atoms with van der Waals surface area (Å²) in [6, 6.07) is 7.36. The maximum Gasteiger partial charge on any atom is 0.352 e. The molecule has 0 saturated carbocycles. The smallest absolute Gasteiger partial charge is 0.352 e. The van der Waals surface area contributed by atoms with Gasteiger partial charge in [0.15, 0.2) is 0 Å². The molecule has 5 nitrogen and oxygen atoms in total. The summed E-state index contributed by atoms with van der Waals surface area (Å²) in [6.07, 6.45) is 4.48. The van der Waals surface area contributed by atoms with Gasteiger partial charge in [-0.2, -0.15) is 4.98 Å². The lowest BCUT2D eigenvalue weighted by molar-refractivity contribution is 0.0690. The third kappa shape index (κ3) is 2.34. The van der Waals surface area contributed by atoms with Crippen LogP contribution in [0.4, 0.5) is 0 Å². The fourth-order valence-corrected chi connectivity index (χ4v) is 2.61. The zero-order chi connectivity index (χ0) is 14.1. The predicted octanol–water partition coefficient (Wildman–Crippen LogP) is 2.01. The second-order valence-corrected chi connectivity index (χ2v) is 4.98. The molecular formula is C15H14N2O3. The van der Waals surface area contributed by atoms with Crippen LogP contribution in [0.1, 0.15) is 34.5 Å². The fraction of sp³-hybridized carbons (Fsp3) is 0.267. The molecule has 0 unspecified atom stereocenters. The summed E-state index contributed by atoms with van der Waals surface area (Å²) in [5, 5.41) is 8.97. The van der Waals surface area contributed by atoms with Gasteiger partial charge in [0, 0.05) is 5.56 Å². The Morgan fingerprint density at radius 1 is 1.15 bits per heavy atom. The van der Waals surface area contributed by atoms with Gasteiger partial charge in [0.25, 0.3) is 0 Å². The highest BCUT2D eigenvalue weighted by Crippen LogP contribution is 2.26. The van der Waals surface area contributed by atoms with E-state index in [-0.39, 0.29) is 5.69 Å². The lowest BCUT2D eigenvalue weighted by Gasteiger charge is -2.16. The number of aromatic amines is 1. The van der Waals surface area contributed by atoms with Gasteiger partial charge in [0.1, 0.15) is 5.69 Å². The first-order valence-corrected chi connectivity index (χ1v) is 6.60. The Bertz CT molecular complexity index is 734. The van der Waals surface area contributed by atoms with Crippen LogP contribution in [-0.2, 0) is 12.8 Å². The minimum atomic E-state index is -1.16. The molecule has 5 heteroatoms. The van der Waals surface area contributed by atoms with Crippen molar-refractivity contribution in [3.63, 3.8) is 0 Å². The van der Waals surface area contributed by atoms with E-state index in [2.05, 4.69) is 9.97 Å². The van der Waals surface area contributed by atoms with E-state index in [4.69, 9.17) is 5.11 Å².